The molecule has 174 valence electrons. The number of carbonyl (C=O) groups excluding carboxylic acids is 1. The Morgan fingerprint density at radius 1 is 1.15 bits per heavy atom. The number of piperazine rings is 1. The van der Waals surface area contributed by atoms with Gasteiger partial charge in [0.05, 0.1) is 23.5 Å². The van der Waals surface area contributed by atoms with Crippen molar-refractivity contribution < 1.29 is 4.79 Å². The summed E-state index contributed by atoms with van der Waals surface area (Å²) in [7, 11) is 1.85. The van der Waals surface area contributed by atoms with Gasteiger partial charge in [0.15, 0.2) is 5.65 Å². The first kappa shape index (κ1) is 22.0. The van der Waals surface area contributed by atoms with Crippen molar-refractivity contribution in [3.05, 3.63) is 35.5 Å². The minimum atomic E-state index is 0.144. The molecule has 2 saturated heterocycles. The number of aromatic nitrogens is 3. The van der Waals surface area contributed by atoms with Crippen LogP contribution in [0.2, 0.25) is 5.02 Å². The van der Waals surface area contributed by atoms with Crippen molar-refractivity contribution in [2.75, 3.05) is 56.5 Å². The molecule has 0 atom stereocenters. The molecule has 0 aliphatic carbocycles. The summed E-state index contributed by atoms with van der Waals surface area (Å²) in [5.41, 5.74) is 4.35. The lowest BCUT2D eigenvalue weighted by molar-refractivity contribution is -0.129. The van der Waals surface area contributed by atoms with E-state index in [0.717, 1.165) is 79.5 Å². The van der Waals surface area contributed by atoms with Gasteiger partial charge < -0.3 is 25.0 Å². The number of hydrogen-bond donors (Lipinski definition) is 2. The number of nitrogens with one attached hydrogen (secondary N) is 2. The van der Waals surface area contributed by atoms with Crippen LogP contribution >= 0.6 is 11.6 Å². The Labute approximate surface area is 198 Å². The van der Waals surface area contributed by atoms with E-state index in [1.807, 2.05) is 31.3 Å². The van der Waals surface area contributed by atoms with Gasteiger partial charge in [0.2, 0.25) is 5.91 Å². The maximum absolute atomic E-state index is 12.0. The van der Waals surface area contributed by atoms with Crippen molar-refractivity contribution in [2.45, 2.75) is 25.8 Å². The van der Waals surface area contributed by atoms with Crippen molar-refractivity contribution >= 4 is 40.0 Å². The fourth-order valence-corrected chi connectivity index (χ4v) is 4.80. The van der Waals surface area contributed by atoms with Gasteiger partial charge in [0, 0.05) is 50.5 Å². The largest absolute Gasteiger partial charge is 0.379 e. The summed E-state index contributed by atoms with van der Waals surface area (Å²) < 4.78 is 0. The van der Waals surface area contributed by atoms with Crippen LogP contribution in [0.3, 0.4) is 0 Å². The third-order valence-electron chi connectivity index (χ3n) is 6.81. The Balaban J connectivity index is 1.36. The predicted molar refractivity (Wildman–Crippen MR) is 133 cm³/mol. The molecule has 5 rings (SSSR count). The zero-order chi connectivity index (χ0) is 22.9. The molecule has 4 heterocycles. The van der Waals surface area contributed by atoms with E-state index in [1.54, 1.807) is 11.1 Å². The first-order valence-corrected chi connectivity index (χ1v) is 12.0. The smallest absolute Gasteiger partial charge is 0.241 e. The van der Waals surface area contributed by atoms with E-state index in [0.29, 0.717) is 17.6 Å². The van der Waals surface area contributed by atoms with Crippen molar-refractivity contribution in [3.63, 3.8) is 0 Å². The van der Waals surface area contributed by atoms with Crippen LogP contribution in [0.25, 0.3) is 22.6 Å². The number of rotatable bonds is 5. The average molecular weight is 468 g/mol. The highest BCUT2D eigenvalue weighted by atomic mass is 35.5. The molecule has 0 saturated carbocycles. The van der Waals surface area contributed by atoms with Crippen LogP contribution in [0.1, 0.15) is 19.8 Å². The molecule has 0 unspecified atom stereocenters. The van der Waals surface area contributed by atoms with Crippen LogP contribution in [0.5, 0.6) is 0 Å². The van der Waals surface area contributed by atoms with Gasteiger partial charge in [-0.1, -0.05) is 18.5 Å². The van der Waals surface area contributed by atoms with Gasteiger partial charge in [-0.05, 0) is 43.7 Å². The van der Waals surface area contributed by atoms with Gasteiger partial charge in [-0.3, -0.25) is 4.79 Å². The second kappa shape index (κ2) is 9.19. The summed E-state index contributed by atoms with van der Waals surface area (Å²) in [5, 5.41) is 4.23. The molecule has 33 heavy (non-hydrogen) atoms. The molecular formula is C24H30ClN7O. The van der Waals surface area contributed by atoms with E-state index < -0.39 is 0 Å². The van der Waals surface area contributed by atoms with Crippen LogP contribution in [-0.4, -0.2) is 83.0 Å². The van der Waals surface area contributed by atoms with Crippen LogP contribution in [0, 0.1) is 0 Å². The number of benzene rings is 1. The number of H-pyrrole nitrogens is 1. The van der Waals surface area contributed by atoms with Crippen LogP contribution in [0.4, 0.5) is 11.4 Å². The molecule has 2 aliphatic heterocycles. The van der Waals surface area contributed by atoms with Gasteiger partial charge in [-0.25, -0.2) is 9.97 Å². The van der Waals surface area contributed by atoms with E-state index in [1.165, 1.54) is 0 Å². The molecule has 8 nitrogen and oxygen atoms in total. The number of carbonyl (C=O) groups is 1. The summed E-state index contributed by atoms with van der Waals surface area (Å²) in [5.74, 6) is 0.899. The molecule has 1 amide bonds. The van der Waals surface area contributed by atoms with Crippen molar-refractivity contribution in [1.82, 2.24) is 24.8 Å². The molecule has 2 aromatic heterocycles. The lowest BCUT2D eigenvalue weighted by Crippen LogP contribution is -2.48. The SMILES string of the molecule is CCN1CCC(Nc2c(Cl)cnc3[nH]c(-c4ccc(N5CCN(C)C(=O)C5)cc4)nc23)CC1. The lowest BCUT2D eigenvalue weighted by atomic mass is 10.0. The third-order valence-corrected chi connectivity index (χ3v) is 7.10. The summed E-state index contributed by atoms with van der Waals surface area (Å²) in [6.45, 7) is 7.48. The monoisotopic (exact) mass is 467 g/mol. The molecule has 0 radical (unpaired) electrons. The maximum Gasteiger partial charge on any atom is 0.241 e. The van der Waals surface area contributed by atoms with Crippen LogP contribution in [0.15, 0.2) is 30.5 Å². The van der Waals surface area contributed by atoms with Gasteiger partial charge in [-0.15, -0.1) is 0 Å². The van der Waals surface area contributed by atoms with Gasteiger partial charge in [0.1, 0.15) is 11.3 Å². The van der Waals surface area contributed by atoms with Crippen LogP contribution < -0.4 is 10.2 Å². The van der Waals surface area contributed by atoms with Crippen molar-refractivity contribution in [3.8, 4) is 11.4 Å². The molecule has 2 fully saturated rings. The normalized spacial score (nSPS) is 18.3. The molecule has 9 heteroatoms. The maximum atomic E-state index is 12.0. The molecule has 0 spiro atoms. The van der Waals surface area contributed by atoms with Gasteiger partial charge in [0.25, 0.3) is 0 Å². The topological polar surface area (TPSA) is 80.4 Å². The number of likely N-dealkylation sites (N-methyl/N-ethyl adjacent to an activating group) is 1. The summed E-state index contributed by atoms with van der Waals surface area (Å²) in [6, 6.07) is 8.53. The number of anilines is 2. The second-order valence-electron chi connectivity index (χ2n) is 8.90. The van der Waals surface area contributed by atoms with E-state index in [2.05, 4.69) is 32.0 Å². The number of halogens is 1. The highest BCUT2D eigenvalue weighted by molar-refractivity contribution is 6.34. The predicted octanol–water partition coefficient (Wildman–Crippen LogP) is 3.45. The van der Waals surface area contributed by atoms with E-state index >= 15 is 0 Å². The Hall–Kier alpha value is -2.84. The molecule has 1 aromatic carbocycles. The van der Waals surface area contributed by atoms with E-state index in [-0.39, 0.29) is 5.91 Å². The first-order valence-electron chi connectivity index (χ1n) is 11.6. The van der Waals surface area contributed by atoms with Crippen molar-refractivity contribution in [2.24, 2.45) is 0 Å². The fraction of sp³-hybridized carbons (Fsp3) is 0.458. The van der Waals surface area contributed by atoms with Crippen LogP contribution in [-0.2, 0) is 4.79 Å². The van der Waals surface area contributed by atoms with Gasteiger partial charge in [-0.2, -0.15) is 0 Å². The van der Waals surface area contributed by atoms with E-state index in [9.17, 15) is 4.79 Å². The summed E-state index contributed by atoms with van der Waals surface area (Å²) >= 11 is 6.54. The Morgan fingerprint density at radius 3 is 2.61 bits per heavy atom. The molecule has 3 aromatic rings. The number of imidazole rings is 1. The summed E-state index contributed by atoms with van der Waals surface area (Å²) in [6.07, 6.45) is 3.85. The number of pyridine rings is 1. The van der Waals surface area contributed by atoms with Crippen molar-refractivity contribution in [1.29, 1.82) is 0 Å². The zero-order valence-electron chi connectivity index (χ0n) is 19.1. The number of amides is 1. The second-order valence-corrected chi connectivity index (χ2v) is 9.31. The highest BCUT2D eigenvalue weighted by Crippen LogP contribution is 2.32. The lowest BCUT2D eigenvalue weighted by Gasteiger charge is -2.33. The standard InChI is InChI=1S/C24H30ClN7O/c1-3-31-10-8-17(9-11-31)27-21-19(25)14-26-24-22(21)28-23(29-24)16-4-6-18(7-5-16)32-13-12-30(2)20(33)15-32/h4-7,14,17H,3,8-13,15H2,1-2H3,(H2,26,27,28,29). The third kappa shape index (κ3) is 4.50. The number of nitrogens with zero attached hydrogens (tertiary/aromatic N) is 5. The highest BCUT2D eigenvalue weighted by Gasteiger charge is 2.23. The minimum absolute atomic E-state index is 0.144. The number of fused-ring (bicyclic) bond motifs is 1. The Morgan fingerprint density at radius 2 is 1.91 bits per heavy atom. The van der Waals surface area contributed by atoms with E-state index in [4.69, 9.17) is 16.6 Å². The Kier molecular flexibility index (Phi) is 6.12. The minimum Gasteiger partial charge on any atom is -0.379 e. The van der Waals surface area contributed by atoms with Gasteiger partial charge >= 0.3 is 0 Å². The number of piperidine rings is 1. The first-order chi connectivity index (χ1) is 16.0. The fourth-order valence-electron chi connectivity index (χ4n) is 4.61. The molecule has 2 N–H and O–H groups in total. The molecule has 2 aliphatic rings. The quantitative estimate of drug-likeness (QED) is 0.598. The number of aromatic amines is 1. The average Bonchev–Trinajstić information content (AvgIpc) is 3.28. The Bertz CT molecular complexity index is 1140. The molecule has 0 bridgehead atoms. The molecular weight excluding hydrogens is 438 g/mol. The summed E-state index contributed by atoms with van der Waals surface area (Å²) in [4.78, 5) is 31.1. The number of likely N-dealkylation sites (tertiary alicyclic amines) is 1. The number of hydrogen-bond acceptors (Lipinski definition) is 6. The zero-order valence-corrected chi connectivity index (χ0v) is 19.9.